The normalized spacial score (nSPS) is 12.6. The predicted molar refractivity (Wildman–Crippen MR) is 176 cm³/mol. The minimum atomic E-state index is -4.17. The molecule has 2 amide bonds. The zero-order chi connectivity index (χ0) is 31.7. The Bertz CT molecular complexity index is 1640. The molecular weight excluding hydrogens is 617 g/mol. The van der Waals surface area contributed by atoms with Gasteiger partial charge < -0.3 is 10.2 Å². The number of hydrogen-bond donors (Lipinski definition) is 1. The van der Waals surface area contributed by atoms with E-state index >= 15 is 0 Å². The summed E-state index contributed by atoms with van der Waals surface area (Å²) in [6, 6.07) is 29.6. The van der Waals surface area contributed by atoms with Crippen molar-refractivity contribution in [3.8, 4) is 0 Å². The molecule has 4 rings (SSSR count). The highest BCUT2D eigenvalue weighted by molar-refractivity contribution is 7.92. The second kappa shape index (κ2) is 15.2. The van der Waals surface area contributed by atoms with Crippen molar-refractivity contribution >= 4 is 50.7 Å². The highest BCUT2D eigenvalue weighted by Crippen LogP contribution is 2.29. The smallest absolute Gasteiger partial charge is 0.264 e. The van der Waals surface area contributed by atoms with Gasteiger partial charge in [0.15, 0.2) is 0 Å². The van der Waals surface area contributed by atoms with Crippen molar-refractivity contribution in [1.29, 1.82) is 0 Å². The van der Waals surface area contributed by atoms with E-state index in [9.17, 15) is 18.0 Å². The Morgan fingerprint density at radius 2 is 1.34 bits per heavy atom. The molecule has 4 aromatic carbocycles. The molecule has 10 heteroatoms. The fraction of sp³-hybridized carbons (Fsp3) is 0.235. The molecule has 230 valence electrons. The van der Waals surface area contributed by atoms with Gasteiger partial charge in [0.2, 0.25) is 11.8 Å². The van der Waals surface area contributed by atoms with E-state index in [0.29, 0.717) is 27.7 Å². The van der Waals surface area contributed by atoms with E-state index in [2.05, 4.69) is 5.32 Å². The van der Waals surface area contributed by atoms with Crippen LogP contribution in [-0.2, 0) is 32.6 Å². The topological polar surface area (TPSA) is 86.8 Å². The van der Waals surface area contributed by atoms with E-state index in [-0.39, 0.29) is 29.8 Å². The van der Waals surface area contributed by atoms with Crippen molar-refractivity contribution < 1.29 is 18.0 Å². The first-order valence-electron chi connectivity index (χ1n) is 14.3. The second-order valence-electron chi connectivity index (χ2n) is 10.4. The predicted octanol–water partition coefficient (Wildman–Crippen LogP) is 6.74. The molecule has 0 saturated carbocycles. The number of benzene rings is 4. The van der Waals surface area contributed by atoms with E-state index in [1.54, 1.807) is 66.7 Å². The molecule has 0 radical (unpaired) electrons. The van der Waals surface area contributed by atoms with Crippen LogP contribution in [0.4, 0.5) is 5.69 Å². The summed E-state index contributed by atoms with van der Waals surface area (Å²) in [4.78, 5) is 29.8. The number of anilines is 1. The molecule has 2 atom stereocenters. The van der Waals surface area contributed by atoms with Gasteiger partial charge in [-0.05, 0) is 55.3 Å². The molecule has 0 saturated heterocycles. The highest BCUT2D eigenvalue weighted by atomic mass is 35.5. The molecule has 0 aliphatic carbocycles. The Labute approximate surface area is 269 Å². The van der Waals surface area contributed by atoms with Crippen molar-refractivity contribution in [1.82, 2.24) is 10.2 Å². The minimum Gasteiger partial charge on any atom is -0.352 e. The molecule has 0 unspecified atom stereocenters. The molecule has 0 heterocycles. The molecule has 0 aromatic heterocycles. The van der Waals surface area contributed by atoms with Gasteiger partial charge in [-0.15, -0.1) is 0 Å². The SMILES string of the molecule is CC[C@H](C)NC(=O)[C@H](Cc1ccccc1)N(Cc1c(Cl)cccc1Cl)C(=O)CN(c1ccccc1)S(=O)(=O)c1ccccc1. The molecular formula is C34H35Cl2N3O4S. The van der Waals surface area contributed by atoms with Gasteiger partial charge in [-0.2, -0.15) is 0 Å². The van der Waals surface area contributed by atoms with E-state index in [1.807, 2.05) is 44.2 Å². The number of rotatable bonds is 13. The first-order valence-corrected chi connectivity index (χ1v) is 16.5. The summed E-state index contributed by atoms with van der Waals surface area (Å²) in [5.41, 5.74) is 1.59. The van der Waals surface area contributed by atoms with Crippen LogP contribution >= 0.6 is 23.2 Å². The number of amides is 2. The van der Waals surface area contributed by atoms with Gasteiger partial charge in [-0.1, -0.05) is 103 Å². The minimum absolute atomic E-state index is 0.0349. The van der Waals surface area contributed by atoms with Crippen LogP contribution in [0.15, 0.2) is 114 Å². The van der Waals surface area contributed by atoms with Crippen LogP contribution in [0, 0.1) is 0 Å². The fourth-order valence-electron chi connectivity index (χ4n) is 4.69. The third kappa shape index (κ3) is 8.20. The van der Waals surface area contributed by atoms with Crippen LogP contribution in [0.3, 0.4) is 0 Å². The Hall–Kier alpha value is -3.85. The van der Waals surface area contributed by atoms with Crippen molar-refractivity contribution in [3.05, 3.63) is 130 Å². The van der Waals surface area contributed by atoms with Crippen molar-refractivity contribution in [2.24, 2.45) is 0 Å². The van der Waals surface area contributed by atoms with E-state index < -0.39 is 28.5 Å². The average molecular weight is 653 g/mol. The summed E-state index contributed by atoms with van der Waals surface area (Å²) in [5, 5.41) is 3.66. The van der Waals surface area contributed by atoms with Crippen LogP contribution in [0.5, 0.6) is 0 Å². The molecule has 0 aliphatic heterocycles. The van der Waals surface area contributed by atoms with Crippen LogP contribution in [0.2, 0.25) is 10.0 Å². The maximum absolute atomic E-state index is 14.5. The lowest BCUT2D eigenvalue weighted by Crippen LogP contribution is -2.54. The second-order valence-corrected chi connectivity index (χ2v) is 13.1. The molecule has 0 fully saturated rings. The number of carbonyl (C=O) groups excluding carboxylic acids is 2. The summed E-state index contributed by atoms with van der Waals surface area (Å²) < 4.78 is 29.0. The number of sulfonamides is 1. The zero-order valence-electron chi connectivity index (χ0n) is 24.6. The first kappa shape index (κ1) is 33.1. The summed E-state index contributed by atoms with van der Waals surface area (Å²) >= 11 is 13.1. The van der Waals surface area contributed by atoms with Gasteiger partial charge in [0.25, 0.3) is 10.0 Å². The maximum atomic E-state index is 14.5. The van der Waals surface area contributed by atoms with Crippen molar-refractivity contribution in [2.75, 3.05) is 10.8 Å². The molecule has 1 N–H and O–H groups in total. The number of nitrogens with one attached hydrogen (secondary N) is 1. The molecule has 44 heavy (non-hydrogen) atoms. The van der Waals surface area contributed by atoms with Gasteiger partial charge in [-0.25, -0.2) is 8.42 Å². The van der Waals surface area contributed by atoms with Crippen molar-refractivity contribution in [3.63, 3.8) is 0 Å². The first-order chi connectivity index (χ1) is 21.1. The van der Waals surface area contributed by atoms with Gasteiger partial charge in [-0.3, -0.25) is 13.9 Å². The van der Waals surface area contributed by atoms with Gasteiger partial charge in [0.05, 0.1) is 10.6 Å². The van der Waals surface area contributed by atoms with Crippen LogP contribution in [0.25, 0.3) is 0 Å². The Morgan fingerprint density at radius 1 is 0.795 bits per heavy atom. The monoisotopic (exact) mass is 651 g/mol. The van der Waals surface area contributed by atoms with E-state index in [4.69, 9.17) is 23.2 Å². The third-order valence-electron chi connectivity index (χ3n) is 7.32. The Balaban J connectivity index is 1.82. The van der Waals surface area contributed by atoms with Gasteiger partial charge >= 0.3 is 0 Å². The maximum Gasteiger partial charge on any atom is 0.264 e. The highest BCUT2D eigenvalue weighted by Gasteiger charge is 2.35. The molecule has 0 aliphatic rings. The lowest BCUT2D eigenvalue weighted by molar-refractivity contribution is -0.140. The summed E-state index contributed by atoms with van der Waals surface area (Å²) in [6.45, 7) is 3.16. The third-order valence-corrected chi connectivity index (χ3v) is 9.81. The lowest BCUT2D eigenvalue weighted by atomic mass is 10.0. The Kier molecular flexibility index (Phi) is 11.4. The van der Waals surface area contributed by atoms with Crippen LogP contribution in [-0.4, -0.2) is 43.8 Å². The molecule has 0 spiro atoms. The van der Waals surface area contributed by atoms with Crippen LogP contribution < -0.4 is 9.62 Å². The number of hydrogen-bond acceptors (Lipinski definition) is 4. The van der Waals surface area contributed by atoms with Crippen molar-refractivity contribution in [2.45, 2.75) is 50.2 Å². The lowest BCUT2D eigenvalue weighted by Gasteiger charge is -2.34. The summed E-state index contributed by atoms with van der Waals surface area (Å²) in [7, 11) is -4.17. The number of carbonyl (C=O) groups is 2. The molecule has 4 aromatic rings. The fourth-order valence-corrected chi connectivity index (χ4v) is 6.64. The van der Waals surface area contributed by atoms with E-state index in [1.165, 1.54) is 17.0 Å². The number of para-hydroxylation sites is 1. The Morgan fingerprint density at radius 3 is 1.91 bits per heavy atom. The zero-order valence-corrected chi connectivity index (χ0v) is 26.9. The summed E-state index contributed by atoms with van der Waals surface area (Å²) in [5.74, 6) is -0.957. The standard InChI is InChI=1S/C34H35Cl2N3O4S/c1-3-25(2)37-34(41)32(22-26-14-7-4-8-15-26)38(23-29-30(35)20-13-21-31(29)36)33(40)24-39(27-16-9-5-10-17-27)44(42,43)28-18-11-6-12-19-28/h4-21,25,32H,3,22-24H2,1-2H3,(H,37,41)/t25-,32-/m0/s1. The van der Waals surface area contributed by atoms with Crippen LogP contribution in [0.1, 0.15) is 31.4 Å². The van der Waals surface area contributed by atoms with Gasteiger partial charge in [0.1, 0.15) is 12.6 Å². The quantitative estimate of drug-likeness (QED) is 0.173. The van der Waals surface area contributed by atoms with E-state index in [0.717, 1.165) is 9.87 Å². The number of halogens is 2. The largest absolute Gasteiger partial charge is 0.352 e. The van der Waals surface area contributed by atoms with Gasteiger partial charge in [0, 0.05) is 34.6 Å². The molecule has 7 nitrogen and oxygen atoms in total. The molecule has 0 bridgehead atoms. The summed E-state index contributed by atoms with van der Waals surface area (Å²) in [6.07, 6.45) is 0.874. The number of nitrogens with zero attached hydrogens (tertiary/aromatic N) is 2. The average Bonchev–Trinajstić information content (AvgIpc) is 3.03.